The third kappa shape index (κ3) is 3.19. The fourth-order valence-electron chi connectivity index (χ4n) is 2.09. The van der Waals surface area contributed by atoms with Crippen LogP contribution in [0.2, 0.25) is 0 Å². The highest BCUT2D eigenvalue weighted by Crippen LogP contribution is 2.26. The molecule has 1 atom stereocenters. The van der Waals surface area contributed by atoms with Gasteiger partial charge in [-0.1, -0.05) is 0 Å². The standard InChI is InChI=1S/C13H18FNO3/c1-17-13-3-2-10(14)8-11(13)12(16)9-15-4-6-18-7-5-15/h2-3,8,12,16H,4-7,9H2,1H3. The lowest BCUT2D eigenvalue weighted by atomic mass is 10.1. The molecule has 0 saturated carbocycles. The van der Waals surface area contributed by atoms with Gasteiger partial charge in [0.2, 0.25) is 0 Å². The van der Waals surface area contributed by atoms with Crippen LogP contribution in [0.1, 0.15) is 11.7 Å². The van der Waals surface area contributed by atoms with E-state index in [4.69, 9.17) is 9.47 Å². The number of ether oxygens (including phenoxy) is 2. The average molecular weight is 255 g/mol. The summed E-state index contributed by atoms with van der Waals surface area (Å²) in [7, 11) is 1.51. The van der Waals surface area contributed by atoms with Gasteiger partial charge in [-0.05, 0) is 18.2 Å². The number of halogens is 1. The molecule has 0 spiro atoms. The molecule has 0 aliphatic carbocycles. The van der Waals surface area contributed by atoms with Crippen molar-refractivity contribution in [1.82, 2.24) is 4.90 Å². The lowest BCUT2D eigenvalue weighted by Gasteiger charge is -2.29. The lowest BCUT2D eigenvalue weighted by molar-refractivity contribution is 0.0139. The first-order valence-corrected chi connectivity index (χ1v) is 6.02. The molecule has 1 N–H and O–H groups in total. The highest BCUT2D eigenvalue weighted by atomic mass is 19.1. The van der Waals surface area contributed by atoms with Crippen molar-refractivity contribution in [1.29, 1.82) is 0 Å². The molecule has 1 fully saturated rings. The summed E-state index contributed by atoms with van der Waals surface area (Å²) in [6.07, 6.45) is -0.756. The number of nitrogens with zero attached hydrogens (tertiary/aromatic N) is 1. The lowest BCUT2D eigenvalue weighted by Crippen LogP contribution is -2.38. The van der Waals surface area contributed by atoms with Gasteiger partial charge in [-0.25, -0.2) is 4.39 Å². The predicted molar refractivity (Wildman–Crippen MR) is 65.2 cm³/mol. The first-order chi connectivity index (χ1) is 8.70. The molecule has 1 aliphatic rings. The molecule has 0 amide bonds. The van der Waals surface area contributed by atoms with Crippen molar-refractivity contribution in [3.05, 3.63) is 29.6 Å². The largest absolute Gasteiger partial charge is 0.496 e. The number of hydrogen-bond donors (Lipinski definition) is 1. The van der Waals surface area contributed by atoms with Crippen LogP contribution < -0.4 is 4.74 Å². The van der Waals surface area contributed by atoms with Gasteiger partial charge in [-0.3, -0.25) is 4.90 Å². The van der Waals surface area contributed by atoms with Crippen molar-refractivity contribution < 1.29 is 19.0 Å². The van der Waals surface area contributed by atoms with Crippen molar-refractivity contribution >= 4 is 0 Å². The molecule has 0 bridgehead atoms. The van der Waals surface area contributed by atoms with E-state index in [0.29, 0.717) is 31.1 Å². The Labute approximate surface area is 106 Å². The van der Waals surface area contributed by atoms with Crippen LogP contribution in [0.4, 0.5) is 4.39 Å². The van der Waals surface area contributed by atoms with Gasteiger partial charge >= 0.3 is 0 Å². The van der Waals surface area contributed by atoms with Crippen molar-refractivity contribution in [3.63, 3.8) is 0 Å². The van der Waals surface area contributed by atoms with Gasteiger partial charge in [0, 0.05) is 25.2 Å². The monoisotopic (exact) mass is 255 g/mol. The van der Waals surface area contributed by atoms with E-state index in [9.17, 15) is 9.50 Å². The van der Waals surface area contributed by atoms with Crippen molar-refractivity contribution in [2.45, 2.75) is 6.10 Å². The molecule has 1 aliphatic heterocycles. The van der Waals surface area contributed by atoms with Gasteiger partial charge in [0.05, 0.1) is 26.4 Å². The molecule has 1 aromatic rings. The Morgan fingerprint density at radius 1 is 1.44 bits per heavy atom. The molecule has 5 heteroatoms. The summed E-state index contributed by atoms with van der Waals surface area (Å²) in [5, 5.41) is 10.2. The second-order valence-electron chi connectivity index (χ2n) is 4.32. The molecule has 0 aromatic heterocycles. The predicted octanol–water partition coefficient (Wildman–Crippen LogP) is 1.20. The summed E-state index contributed by atoms with van der Waals surface area (Å²) in [6.45, 7) is 3.38. The topological polar surface area (TPSA) is 41.9 Å². The van der Waals surface area contributed by atoms with E-state index < -0.39 is 6.10 Å². The number of aliphatic hydroxyl groups is 1. The molecular weight excluding hydrogens is 237 g/mol. The second-order valence-corrected chi connectivity index (χ2v) is 4.32. The van der Waals surface area contributed by atoms with Gasteiger partial charge in [0.25, 0.3) is 0 Å². The second kappa shape index (κ2) is 6.13. The van der Waals surface area contributed by atoms with Gasteiger partial charge in [-0.2, -0.15) is 0 Å². The van der Waals surface area contributed by atoms with E-state index in [2.05, 4.69) is 4.90 Å². The van der Waals surface area contributed by atoms with Crippen LogP contribution in [-0.4, -0.2) is 50.0 Å². The van der Waals surface area contributed by atoms with Crippen molar-refractivity contribution in [2.24, 2.45) is 0 Å². The van der Waals surface area contributed by atoms with Gasteiger partial charge in [0.15, 0.2) is 0 Å². The number of methoxy groups -OCH3 is 1. The molecule has 4 nitrogen and oxygen atoms in total. The first kappa shape index (κ1) is 13.3. The third-order valence-electron chi connectivity index (χ3n) is 3.09. The normalized spacial score (nSPS) is 18.6. The van der Waals surface area contributed by atoms with E-state index >= 15 is 0 Å². The number of hydrogen-bond acceptors (Lipinski definition) is 4. The highest BCUT2D eigenvalue weighted by Gasteiger charge is 2.19. The van der Waals surface area contributed by atoms with E-state index in [0.717, 1.165) is 13.1 Å². The van der Waals surface area contributed by atoms with E-state index in [1.807, 2.05) is 0 Å². The molecule has 1 saturated heterocycles. The Balaban J connectivity index is 2.07. The molecule has 1 aromatic carbocycles. The molecule has 1 heterocycles. The molecule has 18 heavy (non-hydrogen) atoms. The van der Waals surface area contributed by atoms with Crippen LogP contribution in [-0.2, 0) is 4.74 Å². The number of aliphatic hydroxyl groups excluding tert-OH is 1. The van der Waals surface area contributed by atoms with E-state index in [-0.39, 0.29) is 5.82 Å². The fraction of sp³-hybridized carbons (Fsp3) is 0.538. The van der Waals surface area contributed by atoms with E-state index in [1.54, 1.807) is 0 Å². The van der Waals surface area contributed by atoms with Crippen LogP contribution in [0.5, 0.6) is 5.75 Å². The fourth-order valence-corrected chi connectivity index (χ4v) is 2.09. The number of β-amino-alcohol motifs (C(OH)–C–C–N with tert-alkyl or cyclic N) is 1. The Kier molecular flexibility index (Phi) is 4.52. The summed E-state index contributed by atoms with van der Waals surface area (Å²) in [5.41, 5.74) is 0.490. The minimum absolute atomic E-state index is 0.369. The summed E-state index contributed by atoms with van der Waals surface area (Å²) in [6, 6.07) is 4.18. The first-order valence-electron chi connectivity index (χ1n) is 6.02. The van der Waals surface area contributed by atoms with Crippen LogP contribution in [0.25, 0.3) is 0 Å². The number of morpholine rings is 1. The zero-order valence-electron chi connectivity index (χ0n) is 10.4. The zero-order valence-corrected chi connectivity index (χ0v) is 10.4. The van der Waals surface area contributed by atoms with E-state index in [1.165, 1.54) is 25.3 Å². The van der Waals surface area contributed by atoms with Crippen LogP contribution in [0.15, 0.2) is 18.2 Å². The SMILES string of the molecule is COc1ccc(F)cc1C(O)CN1CCOCC1. The smallest absolute Gasteiger partial charge is 0.124 e. The number of rotatable bonds is 4. The Bertz CT molecular complexity index is 394. The molecule has 100 valence electrons. The molecule has 0 radical (unpaired) electrons. The summed E-state index contributed by atoms with van der Waals surface area (Å²) < 4.78 is 23.6. The molecular formula is C13H18FNO3. The van der Waals surface area contributed by atoms with Crippen molar-refractivity contribution in [3.8, 4) is 5.75 Å². The third-order valence-corrected chi connectivity index (χ3v) is 3.09. The van der Waals surface area contributed by atoms with Gasteiger partial charge in [-0.15, -0.1) is 0 Å². The Morgan fingerprint density at radius 2 is 2.17 bits per heavy atom. The molecule has 2 rings (SSSR count). The summed E-state index contributed by atoms with van der Waals surface area (Å²) in [4.78, 5) is 2.10. The van der Waals surface area contributed by atoms with Crippen LogP contribution in [0, 0.1) is 5.82 Å². The van der Waals surface area contributed by atoms with Crippen LogP contribution >= 0.6 is 0 Å². The minimum atomic E-state index is -0.756. The summed E-state index contributed by atoms with van der Waals surface area (Å²) in [5.74, 6) is 0.143. The van der Waals surface area contributed by atoms with Gasteiger partial charge in [0.1, 0.15) is 11.6 Å². The quantitative estimate of drug-likeness (QED) is 0.878. The number of benzene rings is 1. The minimum Gasteiger partial charge on any atom is -0.496 e. The maximum Gasteiger partial charge on any atom is 0.124 e. The van der Waals surface area contributed by atoms with Crippen molar-refractivity contribution in [2.75, 3.05) is 40.0 Å². The maximum atomic E-state index is 13.2. The Morgan fingerprint density at radius 3 is 2.83 bits per heavy atom. The zero-order chi connectivity index (χ0) is 13.0. The van der Waals surface area contributed by atoms with Crippen LogP contribution in [0.3, 0.4) is 0 Å². The molecule has 1 unspecified atom stereocenters. The highest BCUT2D eigenvalue weighted by molar-refractivity contribution is 5.35. The van der Waals surface area contributed by atoms with Gasteiger partial charge < -0.3 is 14.6 Å². The maximum absolute atomic E-state index is 13.2. The summed E-state index contributed by atoms with van der Waals surface area (Å²) >= 11 is 0. The Hall–Kier alpha value is -1.17. The average Bonchev–Trinajstić information content (AvgIpc) is 2.40.